The monoisotopic (exact) mass is 488 g/mol. The van der Waals surface area contributed by atoms with Gasteiger partial charge in [-0.1, -0.05) is 79.2 Å². The summed E-state index contributed by atoms with van der Waals surface area (Å²) in [4.78, 5) is 28.7. The topological polar surface area (TPSA) is 49.4 Å². The Labute approximate surface area is 207 Å². The Balaban J connectivity index is 1.87. The lowest BCUT2D eigenvalue weighted by molar-refractivity contribution is -0.141. The van der Waals surface area contributed by atoms with Crippen LogP contribution in [0, 0.1) is 13.8 Å². The minimum atomic E-state index is -0.559. The SMILES string of the molecule is CCC(C(=O)NC1CCCCC1)N(Cc1ccc(Cl)cc1Cl)C(=O)Cc1cc(C)ccc1C. The molecule has 1 fully saturated rings. The molecule has 0 aliphatic heterocycles. The smallest absolute Gasteiger partial charge is 0.243 e. The van der Waals surface area contributed by atoms with E-state index in [9.17, 15) is 9.59 Å². The summed E-state index contributed by atoms with van der Waals surface area (Å²) in [5, 5.41) is 4.25. The Morgan fingerprint density at radius 1 is 1.03 bits per heavy atom. The van der Waals surface area contributed by atoms with Crippen molar-refractivity contribution in [3.8, 4) is 0 Å². The van der Waals surface area contributed by atoms with E-state index in [1.165, 1.54) is 6.42 Å². The normalized spacial score (nSPS) is 15.2. The molecule has 6 heteroatoms. The van der Waals surface area contributed by atoms with Crippen molar-refractivity contribution >= 4 is 35.0 Å². The molecule has 1 unspecified atom stereocenters. The van der Waals surface area contributed by atoms with E-state index in [4.69, 9.17) is 23.2 Å². The van der Waals surface area contributed by atoms with Gasteiger partial charge in [0.05, 0.1) is 6.42 Å². The molecule has 0 bridgehead atoms. The van der Waals surface area contributed by atoms with Crippen molar-refractivity contribution in [1.82, 2.24) is 10.2 Å². The van der Waals surface area contributed by atoms with E-state index in [0.717, 1.165) is 47.9 Å². The number of amides is 2. The summed E-state index contributed by atoms with van der Waals surface area (Å²) in [6.45, 7) is 6.24. The number of benzene rings is 2. The molecule has 1 saturated carbocycles. The van der Waals surface area contributed by atoms with Crippen molar-refractivity contribution in [2.75, 3.05) is 0 Å². The molecule has 0 spiro atoms. The summed E-state index contributed by atoms with van der Waals surface area (Å²) in [6, 6.07) is 11.0. The lowest BCUT2D eigenvalue weighted by Crippen LogP contribution is -2.52. The van der Waals surface area contributed by atoms with E-state index in [1.54, 1.807) is 17.0 Å². The third-order valence-corrected chi connectivity index (χ3v) is 7.13. The molecule has 1 aliphatic rings. The Bertz CT molecular complexity index is 986. The van der Waals surface area contributed by atoms with Gasteiger partial charge in [-0.3, -0.25) is 9.59 Å². The Morgan fingerprint density at radius 3 is 2.42 bits per heavy atom. The first-order valence-electron chi connectivity index (χ1n) is 11.9. The van der Waals surface area contributed by atoms with Gasteiger partial charge in [-0.2, -0.15) is 0 Å². The van der Waals surface area contributed by atoms with Crippen LogP contribution in [0.3, 0.4) is 0 Å². The summed E-state index contributed by atoms with van der Waals surface area (Å²) in [6.07, 6.45) is 6.27. The van der Waals surface area contributed by atoms with Gasteiger partial charge in [-0.25, -0.2) is 0 Å². The van der Waals surface area contributed by atoms with Crippen LogP contribution in [-0.4, -0.2) is 28.8 Å². The van der Waals surface area contributed by atoms with E-state index < -0.39 is 6.04 Å². The number of hydrogen-bond acceptors (Lipinski definition) is 2. The van der Waals surface area contributed by atoms with Gasteiger partial charge in [0, 0.05) is 22.6 Å². The Morgan fingerprint density at radius 2 is 1.76 bits per heavy atom. The van der Waals surface area contributed by atoms with Crippen molar-refractivity contribution < 1.29 is 9.59 Å². The van der Waals surface area contributed by atoms with E-state index in [-0.39, 0.29) is 30.8 Å². The molecule has 1 atom stereocenters. The minimum absolute atomic E-state index is 0.0798. The average molecular weight is 489 g/mol. The standard InChI is InChI=1S/C27H34Cl2N2O2/c1-4-25(27(33)30-23-8-6-5-7-9-23)31(17-20-12-13-22(28)16-24(20)29)26(32)15-21-14-18(2)10-11-19(21)3/h10-14,16,23,25H,4-9,15,17H2,1-3H3,(H,30,33). The molecule has 2 aromatic carbocycles. The third-order valence-electron chi connectivity index (χ3n) is 6.54. The van der Waals surface area contributed by atoms with Gasteiger partial charge in [-0.15, -0.1) is 0 Å². The van der Waals surface area contributed by atoms with Crippen LogP contribution in [-0.2, 0) is 22.6 Å². The van der Waals surface area contributed by atoms with Gasteiger partial charge < -0.3 is 10.2 Å². The lowest BCUT2D eigenvalue weighted by atomic mass is 9.95. The van der Waals surface area contributed by atoms with E-state index in [1.807, 2.05) is 45.0 Å². The maximum absolute atomic E-state index is 13.6. The summed E-state index contributed by atoms with van der Waals surface area (Å²) < 4.78 is 0. The quantitative estimate of drug-likeness (QED) is 0.466. The van der Waals surface area contributed by atoms with Gasteiger partial charge in [-0.05, 0) is 61.9 Å². The van der Waals surface area contributed by atoms with E-state index in [0.29, 0.717) is 16.5 Å². The fourth-order valence-electron chi connectivity index (χ4n) is 4.55. The second-order valence-corrected chi connectivity index (χ2v) is 9.98. The molecule has 2 aromatic rings. The lowest BCUT2D eigenvalue weighted by Gasteiger charge is -2.33. The number of nitrogens with one attached hydrogen (secondary N) is 1. The molecule has 3 rings (SSSR count). The van der Waals surface area contributed by atoms with E-state index in [2.05, 4.69) is 5.32 Å². The number of hydrogen-bond donors (Lipinski definition) is 1. The fourth-order valence-corrected chi connectivity index (χ4v) is 5.02. The number of rotatable bonds is 8. The van der Waals surface area contributed by atoms with Crippen LogP contribution in [0.4, 0.5) is 0 Å². The first-order valence-corrected chi connectivity index (χ1v) is 12.6. The van der Waals surface area contributed by atoms with E-state index >= 15 is 0 Å². The van der Waals surface area contributed by atoms with Crippen LogP contribution in [0.1, 0.15) is 67.7 Å². The number of nitrogens with zero attached hydrogens (tertiary/aromatic N) is 1. The van der Waals surface area contributed by atoms with Crippen LogP contribution in [0.2, 0.25) is 10.0 Å². The van der Waals surface area contributed by atoms with Crippen molar-refractivity contribution in [1.29, 1.82) is 0 Å². The predicted molar refractivity (Wildman–Crippen MR) is 136 cm³/mol. The molecule has 33 heavy (non-hydrogen) atoms. The van der Waals surface area contributed by atoms with Crippen molar-refractivity contribution in [3.63, 3.8) is 0 Å². The zero-order valence-electron chi connectivity index (χ0n) is 19.8. The number of halogens is 2. The highest BCUT2D eigenvalue weighted by molar-refractivity contribution is 6.35. The van der Waals surface area contributed by atoms with Crippen LogP contribution < -0.4 is 5.32 Å². The molecular formula is C27H34Cl2N2O2. The van der Waals surface area contributed by atoms with Gasteiger partial charge in [0.2, 0.25) is 11.8 Å². The maximum Gasteiger partial charge on any atom is 0.243 e. The van der Waals surface area contributed by atoms with Gasteiger partial charge in [0.1, 0.15) is 6.04 Å². The second-order valence-electron chi connectivity index (χ2n) is 9.13. The summed E-state index contributed by atoms with van der Waals surface area (Å²) in [5.41, 5.74) is 3.94. The molecule has 4 nitrogen and oxygen atoms in total. The minimum Gasteiger partial charge on any atom is -0.352 e. The highest BCUT2D eigenvalue weighted by atomic mass is 35.5. The summed E-state index contributed by atoms with van der Waals surface area (Å²) in [5.74, 6) is -0.163. The maximum atomic E-state index is 13.6. The molecule has 0 heterocycles. The van der Waals surface area contributed by atoms with Gasteiger partial charge >= 0.3 is 0 Å². The fraction of sp³-hybridized carbons (Fsp3) is 0.481. The molecule has 2 amide bonds. The van der Waals surface area contributed by atoms with Crippen molar-refractivity contribution in [2.45, 2.75) is 84.3 Å². The molecule has 0 radical (unpaired) electrons. The summed E-state index contributed by atoms with van der Waals surface area (Å²) in [7, 11) is 0. The Hall–Kier alpha value is -2.04. The number of carbonyl (C=O) groups is 2. The first kappa shape index (κ1) is 25.6. The second kappa shape index (κ2) is 11.9. The number of carbonyl (C=O) groups excluding carboxylic acids is 2. The summed E-state index contributed by atoms with van der Waals surface area (Å²) >= 11 is 12.5. The van der Waals surface area contributed by atoms with Gasteiger partial charge in [0.25, 0.3) is 0 Å². The van der Waals surface area contributed by atoms with Crippen LogP contribution >= 0.6 is 23.2 Å². The van der Waals surface area contributed by atoms with Crippen molar-refractivity contribution in [3.05, 3.63) is 68.7 Å². The Kier molecular flexibility index (Phi) is 9.22. The van der Waals surface area contributed by atoms with Crippen LogP contribution in [0.15, 0.2) is 36.4 Å². The van der Waals surface area contributed by atoms with Crippen LogP contribution in [0.5, 0.6) is 0 Å². The van der Waals surface area contributed by atoms with Crippen molar-refractivity contribution in [2.24, 2.45) is 0 Å². The molecule has 1 aliphatic carbocycles. The molecule has 1 N–H and O–H groups in total. The molecule has 0 aromatic heterocycles. The molecule has 178 valence electrons. The number of aryl methyl sites for hydroxylation is 2. The largest absolute Gasteiger partial charge is 0.352 e. The zero-order chi connectivity index (χ0) is 24.0. The highest BCUT2D eigenvalue weighted by Gasteiger charge is 2.31. The molecular weight excluding hydrogens is 455 g/mol. The zero-order valence-corrected chi connectivity index (χ0v) is 21.3. The average Bonchev–Trinajstić information content (AvgIpc) is 2.78. The van der Waals surface area contributed by atoms with Gasteiger partial charge in [0.15, 0.2) is 0 Å². The predicted octanol–water partition coefficient (Wildman–Crippen LogP) is 6.41. The third kappa shape index (κ3) is 6.97. The highest BCUT2D eigenvalue weighted by Crippen LogP contribution is 2.25. The molecule has 0 saturated heterocycles. The van der Waals surface area contributed by atoms with Crippen LogP contribution in [0.25, 0.3) is 0 Å². The first-order chi connectivity index (χ1) is 15.8.